The Balaban J connectivity index is 1.76. The number of nitrogen functional groups attached to an aromatic ring is 1. The van der Waals surface area contributed by atoms with Crippen molar-refractivity contribution in [3.05, 3.63) is 52.5 Å². The molecule has 0 aliphatic carbocycles. The Labute approximate surface area is 116 Å². The van der Waals surface area contributed by atoms with Gasteiger partial charge in [0.1, 0.15) is 0 Å². The number of nitrogens with two attached hydrogens (primary N) is 1. The summed E-state index contributed by atoms with van der Waals surface area (Å²) in [7, 11) is 0. The first-order valence-electron chi connectivity index (χ1n) is 5.92. The van der Waals surface area contributed by atoms with Crippen molar-refractivity contribution in [2.75, 3.05) is 12.3 Å². The topological polar surface area (TPSA) is 68.0 Å². The molecular formula is C14H15N3OS. The predicted octanol–water partition coefficient (Wildman–Crippen LogP) is 2.10. The highest BCUT2D eigenvalue weighted by Crippen LogP contribution is 2.06. The van der Waals surface area contributed by atoms with Gasteiger partial charge in [-0.3, -0.25) is 4.79 Å². The molecule has 5 heteroatoms. The zero-order chi connectivity index (χ0) is 13.5. The van der Waals surface area contributed by atoms with E-state index < -0.39 is 0 Å². The van der Waals surface area contributed by atoms with E-state index in [-0.39, 0.29) is 5.91 Å². The maximum Gasteiger partial charge on any atom is 0.244 e. The van der Waals surface area contributed by atoms with Gasteiger partial charge in [-0.05, 0) is 23.8 Å². The lowest BCUT2D eigenvalue weighted by atomic mass is 10.2. The molecule has 1 amide bonds. The highest BCUT2D eigenvalue weighted by molar-refractivity contribution is 7.07. The van der Waals surface area contributed by atoms with E-state index in [0.717, 1.165) is 17.7 Å². The Bertz CT molecular complexity index is 547. The summed E-state index contributed by atoms with van der Waals surface area (Å²) < 4.78 is 0. The van der Waals surface area contributed by atoms with Gasteiger partial charge in [-0.1, -0.05) is 12.1 Å². The van der Waals surface area contributed by atoms with Gasteiger partial charge in [0.05, 0.1) is 11.2 Å². The number of nitrogens with zero attached hydrogens (tertiary/aromatic N) is 1. The highest BCUT2D eigenvalue weighted by Gasteiger charge is 1.97. The van der Waals surface area contributed by atoms with Crippen LogP contribution in [0.25, 0.3) is 6.08 Å². The first-order valence-corrected chi connectivity index (χ1v) is 6.87. The largest absolute Gasteiger partial charge is 0.399 e. The molecule has 1 heterocycles. The van der Waals surface area contributed by atoms with Crippen LogP contribution in [0.15, 0.2) is 41.2 Å². The third-order valence-corrected chi connectivity index (χ3v) is 3.16. The number of anilines is 1. The molecule has 0 bridgehead atoms. The number of aromatic nitrogens is 1. The van der Waals surface area contributed by atoms with Gasteiger partial charge in [0, 0.05) is 30.1 Å². The van der Waals surface area contributed by atoms with Gasteiger partial charge in [0.15, 0.2) is 0 Å². The summed E-state index contributed by atoms with van der Waals surface area (Å²) in [5, 5.41) is 4.80. The van der Waals surface area contributed by atoms with E-state index in [4.69, 9.17) is 5.73 Å². The summed E-state index contributed by atoms with van der Waals surface area (Å²) >= 11 is 1.56. The molecule has 0 aliphatic heterocycles. The molecule has 4 nitrogen and oxygen atoms in total. The smallest absolute Gasteiger partial charge is 0.244 e. The van der Waals surface area contributed by atoms with Gasteiger partial charge in [0.25, 0.3) is 0 Å². The van der Waals surface area contributed by atoms with E-state index in [1.807, 2.05) is 17.5 Å². The fourth-order valence-corrected chi connectivity index (χ4v) is 2.11. The van der Waals surface area contributed by atoms with Crippen LogP contribution in [0.5, 0.6) is 0 Å². The second-order valence-electron chi connectivity index (χ2n) is 4.02. The van der Waals surface area contributed by atoms with Gasteiger partial charge in [-0.15, -0.1) is 11.3 Å². The van der Waals surface area contributed by atoms with E-state index >= 15 is 0 Å². The fraction of sp³-hybridized carbons (Fsp3) is 0.143. The molecule has 1 aromatic carbocycles. The Morgan fingerprint density at radius 1 is 1.37 bits per heavy atom. The molecule has 19 heavy (non-hydrogen) atoms. The summed E-state index contributed by atoms with van der Waals surface area (Å²) in [6.45, 7) is 0.592. The van der Waals surface area contributed by atoms with E-state index in [9.17, 15) is 4.79 Å². The molecule has 0 saturated heterocycles. The van der Waals surface area contributed by atoms with Gasteiger partial charge in [-0.25, -0.2) is 4.98 Å². The van der Waals surface area contributed by atoms with Crippen molar-refractivity contribution in [2.45, 2.75) is 6.42 Å². The Kier molecular flexibility index (Phi) is 4.69. The second kappa shape index (κ2) is 6.70. The average Bonchev–Trinajstić information content (AvgIpc) is 2.91. The normalized spacial score (nSPS) is 10.7. The Hall–Kier alpha value is -2.14. The molecular weight excluding hydrogens is 258 g/mol. The monoisotopic (exact) mass is 273 g/mol. The molecule has 1 aromatic heterocycles. The number of nitrogens with one attached hydrogen (secondary N) is 1. The molecule has 0 saturated carbocycles. The molecule has 0 atom stereocenters. The van der Waals surface area contributed by atoms with Crippen LogP contribution in [-0.4, -0.2) is 17.4 Å². The van der Waals surface area contributed by atoms with Crippen molar-refractivity contribution in [3.63, 3.8) is 0 Å². The number of thiazole rings is 1. The number of rotatable bonds is 5. The van der Waals surface area contributed by atoms with Crippen LogP contribution in [-0.2, 0) is 11.2 Å². The molecule has 0 fully saturated rings. The molecule has 0 unspecified atom stereocenters. The van der Waals surface area contributed by atoms with Crippen molar-refractivity contribution < 1.29 is 4.79 Å². The minimum Gasteiger partial charge on any atom is -0.399 e. The SMILES string of the molecule is Nc1ccc(/C=C/C(=O)NCCc2cscn2)cc1. The minimum absolute atomic E-state index is 0.105. The number of benzene rings is 1. The van der Waals surface area contributed by atoms with Crippen LogP contribution in [0.1, 0.15) is 11.3 Å². The molecule has 98 valence electrons. The summed E-state index contributed by atoms with van der Waals surface area (Å²) in [5.41, 5.74) is 10.0. The molecule has 0 spiro atoms. The third kappa shape index (κ3) is 4.56. The maximum absolute atomic E-state index is 11.6. The second-order valence-corrected chi connectivity index (χ2v) is 4.74. The van der Waals surface area contributed by atoms with E-state index in [1.165, 1.54) is 6.08 Å². The number of hydrogen-bond donors (Lipinski definition) is 2. The van der Waals surface area contributed by atoms with E-state index in [0.29, 0.717) is 12.2 Å². The number of amides is 1. The Morgan fingerprint density at radius 3 is 2.84 bits per heavy atom. The number of carbonyl (C=O) groups is 1. The van der Waals surface area contributed by atoms with E-state index in [2.05, 4.69) is 10.3 Å². The van der Waals surface area contributed by atoms with Gasteiger partial charge >= 0.3 is 0 Å². The van der Waals surface area contributed by atoms with Crippen molar-refractivity contribution in [2.24, 2.45) is 0 Å². The first kappa shape index (κ1) is 13.3. The lowest BCUT2D eigenvalue weighted by molar-refractivity contribution is -0.116. The summed E-state index contributed by atoms with van der Waals surface area (Å²) in [5.74, 6) is -0.105. The van der Waals surface area contributed by atoms with Crippen LogP contribution in [0, 0.1) is 0 Å². The summed E-state index contributed by atoms with van der Waals surface area (Å²) in [4.78, 5) is 15.7. The van der Waals surface area contributed by atoms with Crippen molar-refractivity contribution in [1.82, 2.24) is 10.3 Å². The highest BCUT2D eigenvalue weighted by atomic mass is 32.1. The molecule has 0 radical (unpaired) electrons. The van der Waals surface area contributed by atoms with Crippen LogP contribution >= 0.6 is 11.3 Å². The number of hydrogen-bond acceptors (Lipinski definition) is 4. The average molecular weight is 273 g/mol. The molecule has 2 rings (SSSR count). The van der Waals surface area contributed by atoms with Gasteiger partial charge in [0.2, 0.25) is 5.91 Å². The van der Waals surface area contributed by atoms with Crippen LogP contribution in [0.4, 0.5) is 5.69 Å². The summed E-state index contributed by atoms with van der Waals surface area (Å²) in [6, 6.07) is 7.35. The zero-order valence-electron chi connectivity index (χ0n) is 10.4. The molecule has 0 aliphatic rings. The minimum atomic E-state index is -0.105. The molecule has 3 N–H and O–H groups in total. The van der Waals surface area contributed by atoms with Gasteiger partial charge < -0.3 is 11.1 Å². The van der Waals surface area contributed by atoms with Crippen molar-refractivity contribution >= 4 is 29.0 Å². The Morgan fingerprint density at radius 2 is 2.16 bits per heavy atom. The standard InChI is InChI=1S/C14H15N3OS/c15-12-4-1-11(2-5-12)3-6-14(18)16-8-7-13-9-19-10-17-13/h1-6,9-10H,7-8,15H2,(H,16,18)/b6-3+. The predicted molar refractivity (Wildman–Crippen MR) is 78.7 cm³/mol. The summed E-state index contributed by atoms with van der Waals surface area (Å²) in [6.07, 6.45) is 4.04. The van der Waals surface area contributed by atoms with Crippen LogP contribution < -0.4 is 11.1 Å². The first-order chi connectivity index (χ1) is 9.24. The van der Waals surface area contributed by atoms with Gasteiger partial charge in [-0.2, -0.15) is 0 Å². The van der Waals surface area contributed by atoms with E-state index in [1.54, 1.807) is 35.1 Å². The maximum atomic E-state index is 11.6. The lowest BCUT2D eigenvalue weighted by Gasteiger charge is -2.00. The van der Waals surface area contributed by atoms with Crippen LogP contribution in [0.3, 0.4) is 0 Å². The van der Waals surface area contributed by atoms with Crippen molar-refractivity contribution in [1.29, 1.82) is 0 Å². The quantitative estimate of drug-likeness (QED) is 0.647. The van der Waals surface area contributed by atoms with Crippen LogP contribution in [0.2, 0.25) is 0 Å². The zero-order valence-corrected chi connectivity index (χ0v) is 11.2. The third-order valence-electron chi connectivity index (χ3n) is 2.53. The lowest BCUT2D eigenvalue weighted by Crippen LogP contribution is -2.23. The van der Waals surface area contributed by atoms with Crippen molar-refractivity contribution in [3.8, 4) is 0 Å². The molecule has 2 aromatic rings. The fourth-order valence-electron chi connectivity index (χ4n) is 1.51. The number of carbonyl (C=O) groups excluding carboxylic acids is 1.